The minimum Gasteiger partial charge on any atom is -0.311 e. The Morgan fingerprint density at radius 2 is 0.587 bits per heavy atom. The molecule has 3 N–H and O–H groups in total. The zero-order chi connectivity index (χ0) is 31.2. The fraction of sp³-hybridized carbons (Fsp3) is 0. The zero-order valence-electron chi connectivity index (χ0n) is 25.1. The third kappa shape index (κ3) is 8.33. The van der Waals surface area contributed by atoms with Crippen LogP contribution in [0, 0.1) is 0 Å². The molecule has 0 saturated heterocycles. The van der Waals surface area contributed by atoms with Crippen molar-refractivity contribution in [2.24, 2.45) is 15.3 Å². The molecule has 0 atom stereocenters. The third-order valence-electron chi connectivity index (χ3n) is 7.00. The molecule has 0 bridgehead atoms. The fourth-order valence-corrected chi connectivity index (χ4v) is 4.66. The van der Waals surface area contributed by atoms with Crippen LogP contribution in [-0.4, -0.2) is 18.6 Å². The lowest BCUT2D eigenvalue weighted by molar-refractivity contribution is 1.28. The summed E-state index contributed by atoms with van der Waals surface area (Å²) < 4.78 is 0. The number of hydrogen-bond acceptors (Lipinski definition) is 7. The first-order valence-corrected chi connectivity index (χ1v) is 14.9. The Morgan fingerprint density at radius 1 is 0.326 bits per heavy atom. The van der Waals surface area contributed by atoms with E-state index in [1.807, 2.05) is 110 Å². The molecule has 224 valence electrons. The second-order valence-electron chi connectivity index (χ2n) is 10.3. The molecule has 6 aromatic carbocycles. The summed E-state index contributed by atoms with van der Waals surface area (Å²) in [4.78, 5) is 2.22. The van der Waals surface area contributed by atoms with Gasteiger partial charge in [0.05, 0.1) is 35.7 Å². The molecule has 0 heterocycles. The highest BCUT2D eigenvalue weighted by atomic mass is 15.3. The summed E-state index contributed by atoms with van der Waals surface area (Å²) in [6, 6.07) is 54.6. The Kier molecular flexibility index (Phi) is 9.85. The zero-order valence-corrected chi connectivity index (χ0v) is 25.1. The van der Waals surface area contributed by atoms with Crippen LogP contribution >= 0.6 is 0 Å². The van der Waals surface area contributed by atoms with Crippen molar-refractivity contribution in [2.45, 2.75) is 0 Å². The maximum absolute atomic E-state index is 4.39. The second-order valence-corrected chi connectivity index (χ2v) is 10.3. The topological polar surface area (TPSA) is 76.4 Å². The highest BCUT2D eigenvalue weighted by Gasteiger charge is 2.12. The van der Waals surface area contributed by atoms with Gasteiger partial charge in [-0.1, -0.05) is 91.0 Å². The van der Waals surface area contributed by atoms with Gasteiger partial charge in [-0.25, -0.2) is 0 Å². The molecule has 6 aromatic rings. The van der Waals surface area contributed by atoms with Crippen LogP contribution in [0.25, 0.3) is 0 Å². The molecule has 0 aliphatic rings. The molecule has 0 unspecified atom stereocenters. The number of nitrogens with zero attached hydrogens (tertiary/aromatic N) is 4. The normalized spacial score (nSPS) is 11.2. The summed E-state index contributed by atoms with van der Waals surface area (Å²) in [6.45, 7) is 0. The summed E-state index contributed by atoms with van der Waals surface area (Å²) >= 11 is 0. The summed E-state index contributed by atoms with van der Waals surface area (Å²) in [6.07, 6.45) is 5.45. The van der Waals surface area contributed by atoms with Gasteiger partial charge >= 0.3 is 0 Å². The number of anilines is 6. The van der Waals surface area contributed by atoms with Crippen molar-refractivity contribution >= 4 is 52.8 Å². The summed E-state index contributed by atoms with van der Waals surface area (Å²) in [5, 5.41) is 13.2. The maximum atomic E-state index is 4.39. The molecule has 0 aliphatic carbocycles. The number of hydrogen-bond donors (Lipinski definition) is 3. The molecule has 0 spiro atoms. The lowest BCUT2D eigenvalue weighted by Crippen LogP contribution is -2.10. The summed E-state index contributed by atoms with van der Waals surface area (Å²) in [5.41, 5.74) is 18.1. The number of rotatable bonds is 12. The van der Waals surface area contributed by atoms with Crippen molar-refractivity contribution in [3.8, 4) is 0 Å². The van der Waals surface area contributed by atoms with Gasteiger partial charge in [0.2, 0.25) is 0 Å². The molecular weight excluding hydrogens is 566 g/mol. The molecular formula is C39H33N7. The van der Waals surface area contributed by atoms with Gasteiger partial charge < -0.3 is 4.90 Å². The Labute approximate surface area is 269 Å². The van der Waals surface area contributed by atoms with Crippen molar-refractivity contribution in [2.75, 3.05) is 21.2 Å². The molecule has 0 amide bonds. The highest BCUT2D eigenvalue weighted by molar-refractivity contribution is 5.86. The van der Waals surface area contributed by atoms with E-state index in [1.54, 1.807) is 0 Å². The first kappa shape index (κ1) is 29.6. The Bertz CT molecular complexity index is 1640. The van der Waals surface area contributed by atoms with Crippen LogP contribution in [-0.2, 0) is 0 Å². The predicted octanol–water partition coefficient (Wildman–Crippen LogP) is 9.49. The van der Waals surface area contributed by atoms with Crippen LogP contribution in [0.15, 0.2) is 179 Å². The fourth-order valence-electron chi connectivity index (χ4n) is 4.66. The van der Waals surface area contributed by atoms with Gasteiger partial charge in [0.25, 0.3) is 0 Å². The van der Waals surface area contributed by atoms with E-state index in [-0.39, 0.29) is 0 Å². The smallest absolute Gasteiger partial charge is 0.0561 e. The maximum Gasteiger partial charge on any atom is 0.0561 e. The van der Waals surface area contributed by atoms with Crippen molar-refractivity contribution in [3.05, 3.63) is 180 Å². The highest BCUT2D eigenvalue weighted by Crippen LogP contribution is 2.34. The van der Waals surface area contributed by atoms with Crippen molar-refractivity contribution in [3.63, 3.8) is 0 Å². The van der Waals surface area contributed by atoms with E-state index in [0.717, 1.165) is 50.8 Å². The number of para-hydroxylation sites is 3. The van der Waals surface area contributed by atoms with Gasteiger partial charge in [-0.05, 0) is 89.5 Å². The van der Waals surface area contributed by atoms with Crippen LogP contribution in [0.1, 0.15) is 16.7 Å². The predicted molar refractivity (Wildman–Crippen MR) is 194 cm³/mol. The van der Waals surface area contributed by atoms with Gasteiger partial charge in [0.15, 0.2) is 0 Å². The monoisotopic (exact) mass is 599 g/mol. The van der Waals surface area contributed by atoms with E-state index in [9.17, 15) is 0 Å². The average molecular weight is 600 g/mol. The average Bonchev–Trinajstić information content (AvgIpc) is 3.12. The standard InChI is InChI=1S/C39H33N7/c1-4-10-34(11-5-1)43-40-28-31-16-22-37(23-17-31)46(38-24-18-32(19-25-38)29-41-44-35-12-6-2-7-13-35)39-26-20-33(21-27-39)30-42-45-36-14-8-3-9-15-36/h1-30,43-45H/b40-28+,41-29+,42-30+. The third-order valence-corrected chi connectivity index (χ3v) is 7.00. The molecule has 0 saturated carbocycles. The molecule has 0 fully saturated rings. The summed E-state index contributed by atoms with van der Waals surface area (Å²) in [7, 11) is 0. The minimum absolute atomic E-state index is 0.940. The SMILES string of the molecule is C(=N\Nc1ccccc1)/c1ccc(N(c2ccc(/C=N/Nc3ccccc3)cc2)c2ccc(/C=N/Nc3ccccc3)cc2)cc1. The van der Waals surface area contributed by atoms with Gasteiger partial charge in [0.1, 0.15) is 0 Å². The lowest BCUT2D eigenvalue weighted by Gasteiger charge is -2.25. The summed E-state index contributed by atoms with van der Waals surface area (Å²) in [5.74, 6) is 0. The van der Waals surface area contributed by atoms with Crippen LogP contribution < -0.4 is 21.2 Å². The molecule has 7 nitrogen and oxygen atoms in total. The molecule has 0 aliphatic heterocycles. The van der Waals surface area contributed by atoms with Gasteiger partial charge in [-0.2, -0.15) is 15.3 Å². The Morgan fingerprint density at radius 3 is 0.848 bits per heavy atom. The van der Waals surface area contributed by atoms with Gasteiger partial charge in [-0.15, -0.1) is 0 Å². The number of nitrogens with one attached hydrogen (secondary N) is 3. The van der Waals surface area contributed by atoms with Crippen LogP contribution in [0.4, 0.5) is 34.1 Å². The molecule has 0 radical (unpaired) electrons. The first-order valence-electron chi connectivity index (χ1n) is 14.9. The van der Waals surface area contributed by atoms with Crippen LogP contribution in [0.2, 0.25) is 0 Å². The molecule has 6 rings (SSSR count). The lowest BCUT2D eigenvalue weighted by atomic mass is 10.1. The number of hydrazone groups is 3. The largest absolute Gasteiger partial charge is 0.311 e. The van der Waals surface area contributed by atoms with E-state index in [1.165, 1.54) is 0 Å². The first-order chi connectivity index (χ1) is 22.8. The van der Waals surface area contributed by atoms with E-state index >= 15 is 0 Å². The quantitative estimate of drug-likeness (QED) is 0.0967. The van der Waals surface area contributed by atoms with Crippen LogP contribution in [0.5, 0.6) is 0 Å². The second kappa shape index (κ2) is 15.3. The molecule has 46 heavy (non-hydrogen) atoms. The van der Waals surface area contributed by atoms with E-state index < -0.39 is 0 Å². The van der Waals surface area contributed by atoms with Crippen molar-refractivity contribution < 1.29 is 0 Å². The van der Waals surface area contributed by atoms with Gasteiger partial charge in [0, 0.05) is 17.1 Å². The Hall–Kier alpha value is -6.47. The van der Waals surface area contributed by atoms with E-state index in [4.69, 9.17) is 0 Å². The minimum atomic E-state index is 0.940. The van der Waals surface area contributed by atoms with E-state index in [2.05, 4.69) is 109 Å². The van der Waals surface area contributed by atoms with Crippen LogP contribution in [0.3, 0.4) is 0 Å². The number of benzene rings is 6. The van der Waals surface area contributed by atoms with E-state index in [0.29, 0.717) is 0 Å². The van der Waals surface area contributed by atoms with Crippen molar-refractivity contribution in [1.82, 2.24) is 0 Å². The molecule has 7 heteroatoms. The Balaban J connectivity index is 1.21. The molecule has 0 aromatic heterocycles. The van der Waals surface area contributed by atoms with Crippen molar-refractivity contribution in [1.29, 1.82) is 0 Å². The van der Waals surface area contributed by atoms with Gasteiger partial charge in [-0.3, -0.25) is 16.3 Å².